The molecule has 19 heavy (non-hydrogen) atoms. The van der Waals surface area contributed by atoms with Gasteiger partial charge in [-0.25, -0.2) is 0 Å². The van der Waals surface area contributed by atoms with Crippen molar-refractivity contribution < 1.29 is 4.74 Å². The fourth-order valence-corrected chi connectivity index (χ4v) is 1.89. The van der Waals surface area contributed by atoms with Crippen molar-refractivity contribution in [1.29, 1.82) is 0 Å². The average Bonchev–Trinajstić information content (AvgIpc) is 2.43. The molecule has 0 aliphatic rings. The van der Waals surface area contributed by atoms with Crippen molar-refractivity contribution >= 4 is 11.5 Å². The van der Waals surface area contributed by atoms with Crippen LogP contribution in [0.5, 0.6) is 5.88 Å². The zero-order valence-corrected chi connectivity index (χ0v) is 11.3. The molecule has 4 nitrogen and oxygen atoms in total. The molecule has 2 aromatic rings. The number of aryl methyl sites for hydroxylation is 1. The number of benzene rings is 1. The number of hydrogen-bond donors (Lipinski definition) is 2. The Hall–Kier alpha value is -2.07. The molecular formula is C15H19N3O. The van der Waals surface area contributed by atoms with Gasteiger partial charge in [-0.2, -0.15) is 4.98 Å². The fraction of sp³-hybridized carbons (Fsp3) is 0.267. The predicted octanol–water partition coefficient (Wildman–Crippen LogP) is 2.64. The Morgan fingerprint density at radius 2 is 2.00 bits per heavy atom. The Labute approximate surface area is 113 Å². The monoisotopic (exact) mass is 257 g/mol. The standard InChI is InChI=1S/C15H19N3O/c1-11-7-8-14(19-2)18-15(11)17-13-6-4-3-5-12(13)9-10-16/h3-8H,9-10,16H2,1-2H3,(H,17,18). The van der Waals surface area contributed by atoms with Crippen LogP contribution in [0, 0.1) is 6.92 Å². The van der Waals surface area contributed by atoms with Gasteiger partial charge in [0.25, 0.3) is 0 Å². The van der Waals surface area contributed by atoms with Crippen LogP contribution < -0.4 is 15.8 Å². The number of ether oxygens (including phenoxy) is 1. The Morgan fingerprint density at radius 1 is 1.21 bits per heavy atom. The Morgan fingerprint density at radius 3 is 2.74 bits per heavy atom. The number of nitrogens with one attached hydrogen (secondary N) is 1. The number of para-hydroxylation sites is 1. The first-order valence-electron chi connectivity index (χ1n) is 6.31. The summed E-state index contributed by atoms with van der Waals surface area (Å²) in [5, 5.41) is 3.35. The quantitative estimate of drug-likeness (QED) is 0.864. The molecule has 0 amide bonds. The minimum atomic E-state index is 0.601. The van der Waals surface area contributed by atoms with E-state index in [0.29, 0.717) is 12.4 Å². The number of nitrogens with zero attached hydrogens (tertiary/aromatic N) is 1. The topological polar surface area (TPSA) is 60.2 Å². The summed E-state index contributed by atoms with van der Waals surface area (Å²) in [6, 6.07) is 12.0. The lowest BCUT2D eigenvalue weighted by Gasteiger charge is -2.13. The van der Waals surface area contributed by atoms with Gasteiger partial charge in [0.05, 0.1) is 7.11 Å². The Bertz CT molecular complexity index is 555. The molecule has 0 aliphatic heterocycles. The summed E-state index contributed by atoms with van der Waals surface area (Å²) in [6.45, 7) is 2.64. The van der Waals surface area contributed by atoms with Gasteiger partial charge in [0.1, 0.15) is 5.82 Å². The molecule has 100 valence electrons. The van der Waals surface area contributed by atoms with Gasteiger partial charge in [0, 0.05) is 11.8 Å². The van der Waals surface area contributed by atoms with Crippen molar-refractivity contribution in [3.05, 3.63) is 47.5 Å². The van der Waals surface area contributed by atoms with E-state index in [0.717, 1.165) is 23.5 Å². The molecule has 0 radical (unpaired) electrons. The van der Waals surface area contributed by atoms with Gasteiger partial charge < -0.3 is 15.8 Å². The SMILES string of the molecule is COc1ccc(C)c(Nc2ccccc2CCN)n1. The highest BCUT2D eigenvalue weighted by Gasteiger charge is 2.06. The fourth-order valence-electron chi connectivity index (χ4n) is 1.89. The van der Waals surface area contributed by atoms with E-state index >= 15 is 0 Å². The Kier molecular flexibility index (Phi) is 4.36. The van der Waals surface area contributed by atoms with Crippen molar-refractivity contribution in [1.82, 2.24) is 4.98 Å². The van der Waals surface area contributed by atoms with Crippen LogP contribution in [-0.2, 0) is 6.42 Å². The van der Waals surface area contributed by atoms with Gasteiger partial charge in [-0.15, -0.1) is 0 Å². The van der Waals surface area contributed by atoms with Gasteiger partial charge >= 0.3 is 0 Å². The summed E-state index contributed by atoms with van der Waals surface area (Å²) in [4.78, 5) is 4.42. The van der Waals surface area contributed by atoms with Crippen LogP contribution >= 0.6 is 0 Å². The molecule has 4 heteroatoms. The van der Waals surface area contributed by atoms with E-state index in [-0.39, 0.29) is 0 Å². The highest BCUT2D eigenvalue weighted by atomic mass is 16.5. The molecule has 0 spiro atoms. The molecule has 2 rings (SSSR count). The molecule has 1 aromatic carbocycles. The molecular weight excluding hydrogens is 238 g/mol. The maximum atomic E-state index is 5.63. The molecule has 0 aliphatic carbocycles. The van der Waals surface area contributed by atoms with Crippen molar-refractivity contribution in [2.45, 2.75) is 13.3 Å². The first-order chi connectivity index (χ1) is 9.24. The van der Waals surface area contributed by atoms with Gasteiger partial charge in [-0.3, -0.25) is 0 Å². The minimum Gasteiger partial charge on any atom is -0.481 e. The molecule has 1 aromatic heterocycles. The van der Waals surface area contributed by atoms with Gasteiger partial charge in [0.2, 0.25) is 5.88 Å². The van der Waals surface area contributed by atoms with E-state index in [2.05, 4.69) is 16.4 Å². The van der Waals surface area contributed by atoms with E-state index < -0.39 is 0 Å². The third-order valence-corrected chi connectivity index (χ3v) is 2.96. The number of pyridine rings is 1. The predicted molar refractivity (Wildman–Crippen MR) is 78.0 cm³/mol. The van der Waals surface area contributed by atoms with Crippen LogP contribution in [-0.4, -0.2) is 18.6 Å². The summed E-state index contributed by atoms with van der Waals surface area (Å²) in [6.07, 6.45) is 0.839. The van der Waals surface area contributed by atoms with E-state index in [4.69, 9.17) is 10.5 Å². The molecule has 0 saturated carbocycles. The first kappa shape index (κ1) is 13.4. The van der Waals surface area contributed by atoms with Crippen LogP contribution in [0.2, 0.25) is 0 Å². The van der Waals surface area contributed by atoms with Crippen molar-refractivity contribution in [2.24, 2.45) is 5.73 Å². The second-order valence-electron chi connectivity index (χ2n) is 4.34. The van der Waals surface area contributed by atoms with Crippen molar-refractivity contribution in [2.75, 3.05) is 19.0 Å². The smallest absolute Gasteiger partial charge is 0.214 e. The van der Waals surface area contributed by atoms with Crippen LogP contribution in [0.25, 0.3) is 0 Å². The number of hydrogen-bond acceptors (Lipinski definition) is 4. The normalized spacial score (nSPS) is 10.3. The third kappa shape index (κ3) is 3.23. The maximum absolute atomic E-state index is 5.63. The first-order valence-corrected chi connectivity index (χ1v) is 6.31. The largest absolute Gasteiger partial charge is 0.481 e. The van der Waals surface area contributed by atoms with Crippen LogP contribution in [0.15, 0.2) is 36.4 Å². The minimum absolute atomic E-state index is 0.601. The van der Waals surface area contributed by atoms with E-state index in [1.54, 1.807) is 7.11 Å². The van der Waals surface area contributed by atoms with Gasteiger partial charge in [-0.05, 0) is 37.1 Å². The molecule has 0 atom stereocenters. The van der Waals surface area contributed by atoms with Gasteiger partial charge in [-0.1, -0.05) is 24.3 Å². The zero-order chi connectivity index (χ0) is 13.7. The lowest BCUT2D eigenvalue weighted by molar-refractivity contribution is 0.398. The third-order valence-electron chi connectivity index (χ3n) is 2.96. The summed E-state index contributed by atoms with van der Waals surface area (Å²) >= 11 is 0. The summed E-state index contributed by atoms with van der Waals surface area (Å²) in [5.41, 5.74) is 8.94. The lowest BCUT2D eigenvalue weighted by atomic mass is 10.1. The number of aromatic nitrogens is 1. The molecule has 0 unspecified atom stereocenters. The summed E-state index contributed by atoms with van der Waals surface area (Å²) in [5.74, 6) is 1.41. The Balaban J connectivity index is 2.30. The number of nitrogens with two attached hydrogens (primary N) is 1. The van der Waals surface area contributed by atoms with Crippen molar-refractivity contribution in [3.63, 3.8) is 0 Å². The highest BCUT2D eigenvalue weighted by molar-refractivity contribution is 5.63. The zero-order valence-electron chi connectivity index (χ0n) is 11.3. The molecule has 3 N–H and O–H groups in total. The molecule has 0 bridgehead atoms. The van der Waals surface area contributed by atoms with E-state index in [1.165, 1.54) is 5.56 Å². The summed E-state index contributed by atoms with van der Waals surface area (Å²) < 4.78 is 5.15. The number of methoxy groups -OCH3 is 1. The average molecular weight is 257 g/mol. The molecule has 1 heterocycles. The van der Waals surface area contributed by atoms with Crippen LogP contribution in [0.3, 0.4) is 0 Å². The second-order valence-corrected chi connectivity index (χ2v) is 4.34. The number of rotatable bonds is 5. The van der Waals surface area contributed by atoms with Crippen molar-refractivity contribution in [3.8, 4) is 5.88 Å². The van der Waals surface area contributed by atoms with E-state index in [1.807, 2.05) is 37.3 Å². The number of anilines is 2. The van der Waals surface area contributed by atoms with Gasteiger partial charge in [0.15, 0.2) is 0 Å². The van der Waals surface area contributed by atoms with E-state index in [9.17, 15) is 0 Å². The summed E-state index contributed by atoms with van der Waals surface area (Å²) in [7, 11) is 1.61. The second kappa shape index (κ2) is 6.20. The van der Waals surface area contributed by atoms with Crippen LogP contribution in [0.1, 0.15) is 11.1 Å². The molecule has 0 saturated heterocycles. The maximum Gasteiger partial charge on any atom is 0.214 e. The highest BCUT2D eigenvalue weighted by Crippen LogP contribution is 2.24. The van der Waals surface area contributed by atoms with Crippen LogP contribution in [0.4, 0.5) is 11.5 Å². The molecule has 0 fully saturated rings. The lowest BCUT2D eigenvalue weighted by Crippen LogP contribution is -2.06.